The van der Waals surface area contributed by atoms with Crippen molar-refractivity contribution in [2.75, 3.05) is 11.6 Å². The Morgan fingerprint density at radius 3 is 2.44 bits per heavy atom. The molecule has 0 unspecified atom stereocenters. The SMILES string of the molecule is CCC1(CC)C(=O)N(CO)c2ccccc21. The molecule has 0 saturated heterocycles. The van der Waals surface area contributed by atoms with Crippen molar-refractivity contribution in [2.24, 2.45) is 0 Å². The lowest BCUT2D eigenvalue weighted by atomic mass is 9.77. The standard InChI is InChI=1S/C13H17NO2/c1-3-13(4-2)10-7-5-6-8-11(10)14(9-15)12(13)16/h5-8,15H,3-4,9H2,1-2H3. The molecule has 16 heavy (non-hydrogen) atoms. The van der Waals surface area contributed by atoms with Gasteiger partial charge < -0.3 is 5.11 Å². The second-order valence-corrected chi connectivity index (χ2v) is 4.18. The quantitative estimate of drug-likeness (QED) is 0.845. The molecule has 0 spiro atoms. The van der Waals surface area contributed by atoms with Crippen LogP contribution in [0.25, 0.3) is 0 Å². The van der Waals surface area contributed by atoms with Gasteiger partial charge in [0.15, 0.2) is 0 Å². The lowest BCUT2D eigenvalue weighted by Gasteiger charge is -2.25. The third kappa shape index (κ3) is 1.21. The number of benzene rings is 1. The van der Waals surface area contributed by atoms with Crippen LogP contribution in [0.4, 0.5) is 5.69 Å². The molecule has 0 fully saturated rings. The maximum absolute atomic E-state index is 12.3. The van der Waals surface area contributed by atoms with Crippen LogP contribution in [-0.4, -0.2) is 17.7 Å². The molecule has 1 aromatic rings. The van der Waals surface area contributed by atoms with E-state index in [-0.39, 0.29) is 12.6 Å². The molecule has 1 aliphatic heterocycles. The average molecular weight is 219 g/mol. The van der Waals surface area contributed by atoms with E-state index in [1.807, 2.05) is 38.1 Å². The summed E-state index contributed by atoms with van der Waals surface area (Å²) in [5, 5.41) is 9.31. The molecule has 0 aromatic heterocycles. The van der Waals surface area contributed by atoms with E-state index in [1.165, 1.54) is 4.90 Å². The minimum Gasteiger partial charge on any atom is -0.376 e. The molecule has 1 amide bonds. The van der Waals surface area contributed by atoms with E-state index < -0.39 is 5.41 Å². The van der Waals surface area contributed by atoms with E-state index in [2.05, 4.69) is 0 Å². The van der Waals surface area contributed by atoms with Gasteiger partial charge in [0.1, 0.15) is 6.73 Å². The van der Waals surface area contributed by atoms with Crippen LogP contribution in [-0.2, 0) is 10.2 Å². The number of aliphatic hydroxyl groups excluding tert-OH is 1. The fraction of sp³-hybridized carbons (Fsp3) is 0.462. The zero-order valence-corrected chi connectivity index (χ0v) is 9.73. The van der Waals surface area contributed by atoms with E-state index in [4.69, 9.17) is 0 Å². The third-order valence-corrected chi connectivity index (χ3v) is 3.71. The van der Waals surface area contributed by atoms with Gasteiger partial charge in [0.25, 0.3) is 0 Å². The van der Waals surface area contributed by atoms with Gasteiger partial charge in [0, 0.05) is 0 Å². The Kier molecular flexibility index (Phi) is 2.72. The lowest BCUT2D eigenvalue weighted by Crippen LogP contribution is -2.39. The molecule has 0 aliphatic carbocycles. The molecular weight excluding hydrogens is 202 g/mol. The van der Waals surface area contributed by atoms with Crippen LogP contribution in [0.5, 0.6) is 0 Å². The number of hydrogen-bond acceptors (Lipinski definition) is 2. The van der Waals surface area contributed by atoms with Crippen LogP contribution >= 0.6 is 0 Å². The normalized spacial score (nSPS) is 17.7. The molecule has 1 heterocycles. The van der Waals surface area contributed by atoms with E-state index >= 15 is 0 Å². The van der Waals surface area contributed by atoms with Gasteiger partial charge in [0.2, 0.25) is 5.91 Å². The van der Waals surface area contributed by atoms with E-state index in [1.54, 1.807) is 0 Å². The van der Waals surface area contributed by atoms with E-state index in [9.17, 15) is 9.90 Å². The number of fused-ring (bicyclic) bond motifs is 1. The Labute approximate surface area is 95.7 Å². The summed E-state index contributed by atoms with van der Waals surface area (Å²) in [7, 11) is 0. The molecule has 1 aromatic carbocycles. The monoisotopic (exact) mass is 219 g/mol. The second kappa shape index (κ2) is 3.91. The van der Waals surface area contributed by atoms with Crippen molar-refractivity contribution in [2.45, 2.75) is 32.1 Å². The minimum absolute atomic E-state index is 0.0289. The first-order chi connectivity index (χ1) is 7.71. The number of rotatable bonds is 3. The zero-order chi connectivity index (χ0) is 11.8. The van der Waals surface area contributed by atoms with Crippen molar-refractivity contribution in [1.82, 2.24) is 0 Å². The maximum Gasteiger partial charge on any atom is 0.239 e. The lowest BCUT2D eigenvalue weighted by molar-refractivity contribution is -0.124. The Balaban J connectivity index is 2.63. The Morgan fingerprint density at radius 2 is 1.88 bits per heavy atom. The Bertz CT molecular complexity index is 410. The second-order valence-electron chi connectivity index (χ2n) is 4.18. The average Bonchev–Trinajstić information content (AvgIpc) is 2.58. The summed E-state index contributed by atoms with van der Waals surface area (Å²) in [5.74, 6) is 0.0289. The molecule has 0 atom stereocenters. The molecular formula is C13H17NO2. The van der Waals surface area contributed by atoms with Gasteiger partial charge in [-0.25, -0.2) is 0 Å². The maximum atomic E-state index is 12.3. The van der Waals surface area contributed by atoms with Crippen molar-refractivity contribution in [1.29, 1.82) is 0 Å². The molecule has 0 bridgehead atoms. The number of aliphatic hydroxyl groups is 1. The molecule has 3 heteroatoms. The molecule has 2 rings (SSSR count). The van der Waals surface area contributed by atoms with Crippen molar-refractivity contribution in [3.63, 3.8) is 0 Å². The molecule has 1 aliphatic rings. The first-order valence-electron chi connectivity index (χ1n) is 5.73. The van der Waals surface area contributed by atoms with Crippen molar-refractivity contribution in [3.8, 4) is 0 Å². The predicted octanol–water partition coefficient (Wildman–Crippen LogP) is 2.04. The van der Waals surface area contributed by atoms with Crippen LogP contribution in [0.15, 0.2) is 24.3 Å². The summed E-state index contributed by atoms with van der Waals surface area (Å²) in [5.41, 5.74) is 1.48. The Morgan fingerprint density at radius 1 is 1.25 bits per heavy atom. The zero-order valence-electron chi connectivity index (χ0n) is 9.73. The van der Waals surface area contributed by atoms with Crippen LogP contribution < -0.4 is 4.90 Å². The number of anilines is 1. The summed E-state index contributed by atoms with van der Waals surface area (Å²) in [6.45, 7) is 3.82. The third-order valence-electron chi connectivity index (χ3n) is 3.71. The summed E-state index contributed by atoms with van der Waals surface area (Å²) < 4.78 is 0. The van der Waals surface area contributed by atoms with Crippen molar-refractivity contribution >= 4 is 11.6 Å². The largest absolute Gasteiger partial charge is 0.376 e. The molecule has 3 nitrogen and oxygen atoms in total. The van der Waals surface area contributed by atoms with Gasteiger partial charge in [-0.1, -0.05) is 32.0 Å². The fourth-order valence-corrected chi connectivity index (χ4v) is 2.67. The molecule has 0 saturated carbocycles. The smallest absolute Gasteiger partial charge is 0.239 e. The number of carbonyl (C=O) groups is 1. The molecule has 0 radical (unpaired) electrons. The first-order valence-corrected chi connectivity index (χ1v) is 5.73. The highest BCUT2D eigenvalue weighted by Crippen LogP contribution is 2.45. The number of amides is 1. The summed E-state index contributed by atoms with van der Waals surface area (Å²) >= 11 is 0. The van der Waals surface area contributed by atoms with Crippen molar-refractivity contribution in [3.05, 3.63) is 29.8 Å². The highest BCUT2D eigenvalue weighted by atomic mass is 16.3. The number of para-hydroxylation sites is 1. The molecule has 1 N–H and O–H groups in total. The Hall–Kier alpha value is -1.35. The van der Waals surface area contributed by atoms with Gasteiger partial charge in [-0.2, -0.15) is 0 Å². The van der Waals surface area contributed by atoms with Gasteiger partial charge in [-0.3, -0.25) is 9.69 Å². The predicted molar refractivity (Wildman–Crippen MR) is 63.3 cm³/mol. The molecule has 86 valence electrons. The summed E-state index contributed by atoms with van der Waals surface area (Å²) in [6, 6.07) is 7.75. The van der Waals surface area contributed by atoms with Crippen LogP contribution in [0, 0.1) is 0 Å². The van der Waals surface area contributed by atoms with Crippen LogP contribution in [0.2, 0.25) is 0 Å². The van der Waals surface area contributed by atoms with Crippen LogP contribution in [0.1, 0.15) is 32.3 Å². The number of carbonyl (C=O) groups excluding carboxylic acids is 1. The minimum atomic E-state index is -0.431. The van der Waals surface area contributed by atoms with Crippen LogP contribution in [0.3, 0.4) is 0 Å². The number of hydrogen-bond donors (Lipinski definition) is 1. The van der Waals surface area contributed by atoms with E-state index in [0.29, 0.717) is 0 Å². The van der Waals surface area contributed by atoms with Gasteiger partial charge >= 0.3 is 0 Å². The highest BCUT2D eigenvalue weighted by molar-refractivity contribution is 6.07. The van der Waals surface area contributed by atoms with Gasteiger partial charge in [0.05, 0.1) is 11.1 Å². The van der Waals surface area contributed by atoms with Gasteiger partial charge in [-0.05, 0) is 24.5 Å². The topological polar surface area (TPSA) is 40.5 Å². The highest BCUT2D eigenvalue weighted by Gasteiger charge is 2.47. The number of nitrogens with zero attached hydrogens (tertiary/aromatic N) is 1. The van der Waals surface area contributed by atoms with E-state index in [0.717, 1.165) is 24.1 Å². The summed E-state index contributed by atoms with van der Waals surface area (Å²) in [4.78, 5) is 13.8. The van der Waals surface area contributed by atoms with Gasteiger partial charge in [-0.15, -0.1) is 0 Å². The fourth-order valence-electron chi connectivity index (χ4n) is 2.67. The summed E-state index contributed by atoms with van der Waals surface area (Å²) in [6.07, 6.45) is 1.55. The van der Waals surface area contributed by atoms with Crippen molar-refractivity contribution < 1.29 is 9.90 Å². The first kappa shape index (κ1) is 11.1.